The fourth-order valence-electron chi connectivity index (χ4n) is 2.58. The van der Waals surface area contributed by atoms with E-state index < -0.39 is 0 Å². The van der Waals surface area contributed by atoms with Crippen LogP contribution in [0.25, 0.3) is 10.9 Å². The van der Waals surface area contributed by atoms with Crippen LogP contribution >= 0.6 is 11.8 Å². The number of benzene rings is 1. The first-order chi connectivity index (χ1) is 12.2. The van der Waals surface area contributed by atoms with E-state index in [2.05, 4.69) is 10.3 Å². The largest absolute Gasteiger partial charge is 0.467 e. The van der Waals surface area contributed by atoms with Crippen LogP contribution in [0.3, 0.4) is 0 Å². The van der Waals surface area contributed by atoms with Crippen LogP contribution in [0, 0.1) is 0 Å². The average molecular weight is 355 g/mol. The first kappa shape index (κ1) is 16.0. The molecule has 1 saturated carbocycles. The van der Waals surface area contributed by atoms with Gasteiger partial charge in [-0.3, -0.25) is 14.2 Å². The molecule has 0 spiro atoms. The zero-order chi connectivity index (χ0) is 17.2. The van der Waals surface area contributed by atoms with Crippen LogP contribution in [-0.2, 0) is 11.3 Å². The summed E-state index contributed by atoms with van der Waals surface area (Å²) < 4.78 is 6.94. The molecule has 0 unspecified atom stereocenters. The molecule has 1 aromatic carbocycles. The van der Waals surface area contributed by atoms with Gasteiger partial charge in [-0.15, -0.1) is 0 Å². The number of para-hydroxylation sites is 1. The average Bonchev–Trinajstić information content (AvgIpc) is 3.27. The number of amides is 1. The molecule has 0 bridgehead atoms. The molecule has 0 aliphatic heterocycles. The van der Waals surface area contributed by atoms with Crippen molar-refractivity contribution in [2.45, 2.75) is 30.6 Å². The van der Waals surface area contributed by atoms with Crippen LogP contribution in [0.5, 0.6) is 0 Å². The minimum absolute atomic E-state index is 0.0283. The Kier molecular flexibility index (Phi) is 4.31. The monoisotopic (exact) mass is 355 g/mol. The molecule has 1 aliphatic rings. The second-order valence-corrected chi connectivity index (χ2v) is 6.96. The molecule has 128 valence electrons. The summed E-state index contributed by atoms with van der Waals surface area (Å²) >= 11 is 1.27. The Labute approximate surface area is 148 Å². The Morgan fingerprint density at radius 2 is 2.12 bits per heavy atom. The molecule has 4 rings (SSSR count). The zero-order valence-corrected chi connectivity index (χ0v) is 14.3. The number of fused-ring (bicyclic) bond motifs is 1. The van der Waals surface area contributed by atoms with Crippen molar-refractivity contribution in [3.05, 3.63) is 58.8 Å². The Hall–Kier alpha value is -2.54. The number of carbonyl (C=O) groups excluding carboxylic acids is 1. The quantitative estimate of drug-likeness (QED) is 0.543. The summed E-state index contributed by atoms with van der Waals surface area (Å²) in [5, 5.41) is 4.02. The van der Waals surface area contributed by atoms with Gasteiger partial charge in [0.2, 0.25) is 5.91 Å². The molecule has 25 heavy (non-hydrogen) atoms. The van der Waals surface area contributed by atoms with E-state index in [-0.39, 0.29) is 23.8 Å². The molecule has 2 heterocycles. The first-order valence-corrected chi connectivity index (χ1v) is 9.13. The minimum atomic E-state index is -0.132. The molecular weight excluding hydrogens is 338 g/mol. The number of furan rings is 1. The normalized spacial score (nSPS) is 13.9. The molecule has 3 aromatic rings. The summed E-state index contributed by atoms with van der Waals surface area (Å²) in [5.41, 5.74) is 0.500. The summed E-state index contributed by atoms with van der Waals surface area (Å²) in [5.74, 6) is 0.877. The number of nitrogens with zero attached hydrogens (tertiary/aromatic N) is 2. The van der Waals surface area contributed by atoms with E-state index in [4.69, 9.17) is 4.42 Å². The van der Waals surface area contributed by atoms with Crippen molar-refractivity contribution in [3.63, 3.8) is 0 Å². The second kappa shape index (κ2) is 6.76. The van der Waals surface area contributed by atoms with Crippen molar-refractivity contribution >= 4 is 28.6 Å². The molecule has 1 fully saturated rings. The highest BCUT2D eigenvalue weighted by atomic mass is 32.2. The number of rotatable bonds is 6. The van der Waals surface area contributed by atoms with Crippen LogP contribution in [0.4, 0.5) is 0 Å². The molecule has 0 radical (unpaired) electrons. The van der Waals surface area contributed by atoms with Crippen molar-refractivity contribution in [3.8, 4) is 0 Å². The lowest BCUT2D eigenvalue weighted by molar-refractivity contribution is -0.118. The molecule has 0 atom stereocenters. The first-order valence-electron chi connectivity index (χ1n) is 8.15. The van der Waals surface area contributed by atoms with E-state index in [1.165, 1.54) is 11.8 Å². The fraction of sp³-hybridized carbons (Fsp3) is 0.278. The maximum absolute atomic E-state index is 12.9. The van der Waals surface area contributed by atoms with E-state index in [0.717, 1.165) is 12.8 Å². The van der Waals surface area contributed by atoms with Crippen LogP contribution in [-0.4, -0.2) is 27.3 Å². The SMILES string of the molecule is O=C(CSc1nc2ccccc2c(=O)n1Cc1ccco1)NC1CC1. The Morgan fingerprint density at radius 3 is 2.88 bits per heavy atom. The second-order valence-electron chi connectivity index (χ2n) is 6.01. The van der Waals surface area contributed by atoms with Crippen molar-refractivity contribution in [2.75, 3.05) is 5.75 Å². The van der Waals surface area contributed by atoms with Gasteiger partial charge in [0.25, 0.3) is 5.56 Å². The number of nitrogens with one attached hydrogen (secondary N) is 1. The number of carbonyl (C=O) groups is 1. The topological polar surface area (TPSA) is 77.1 Å². The maximum atomic E-state index is 12.9. The third-order valence-corrected chi connectivity index (χ3v) is 4.97. The highest BCUT2D eigenvalue weighted by Crippen LogP contribution is 2.21. The van der Waals surface area contributed by atoms with Crippen LogP contribution in [0.15, 0.2) is 57.0 Å². The summed E-state index contributed by atoms with van der Waals surface area (Å²) in [6.07, 6.45) is 3.67. The van der Waals surface area contributed by atoms with Gasteiger partial charge in [0.05, 0.1) is 29.5 Å². The summed E-state index contributed by atoms with van der Waals surface area (Å²) in [7, 11) is 0. The molecule has 2 aromatic heterocycles. The van der Waals surface area contributed by atoms with E-state index >= 15 is 0 Å². The third kappa shape index (κ3) is 3.61. The molecule has 6 nitrogen and oxygen atoms in total. The lowest BCUT2D eigenvalue weighted by atomic mass is 10.2. The van der Waals surface area contributed by atoms with Gasteiger partial charge < -0.3 is 9.73 Å². The smallest absolute Gasteiger partial charge is 0.262 e. The number of aromatic nitrogens is 2. The van der Waals surface area contributed by atoms with Crippen molar-refractivity contribution < 1.29 is 9.21 Å². The standard InChI is InChI=1S/C18H17N3O3S/c22-16(19-12-7-8-12)11-25-18-20-15-6-2-1-5-14(15)17(23)21(18)10-13-4-3-9-24-13/h1-6,9,12H,7-8,10-11H2,(H,19,22). The van der Waals surface area contributed by atoms with Gasteiger partial charge in [-0.25, -0.2) is 4.98 Å². The minimum Gasteiger partial charge on any atom is -0.467 e. The third-order valence-electron chi connectivity index (χ3n) is 4.00. The number of hydrogen-bond donors (Lipinski definition) is 1. The fourth-order valence-corrected chi connectivity index (χ4v) is 3.39. The summed E-state index contributed by atoms with van der Waals surface area (Å²) in [4.78, 5) is 29.4. The Balaban J connectivity index is 1.66. The highest BCUT2D eigenvalue weighted by Gasteiger charge is 2.23. The van der Waals surface area contributed by atoms with Crippen LogP contribution in [0.1, 0.15) is 18.6 Å². The molecular formula is C18H17N3O3S. The maximum Gasteiger partial charge on any atom is 0.262 e. The van der Waals surface area contributed by atoms with E-state index in [9.17, 15) is 9.59 Å². The highest BCUT2D eigenvalue weighted by molar-refractivity contribution is 7.99. The van der Waals surface area contributed by atoms with Crippen molar-refractivity contribution in [1.82, 2.24) is 14.9 Å². The lowest BCUT2D eigenvalue weighted by Gasteiger charge is -2.12. The summed E-state index contributed by atoms with van der Waals surface area (Å²) in [6, 6.07) is 11.2. The zero-order valence-electron chi connectivity index (χ0n) is 13.5. The van der Waals surface area contributed by atoms with Gasteiger partial charge >= 0.3 is 0 Å². The van der Waals surface area contributed by atoms with E-state index in [1.54, 1.807) is 23.0 Å². The summed E-state index contributed by atoms with van der Waals surface area (Å²) in [6.45, 7) is 0.288. The van der Waals surface area contributed by atoms with Gasteiger partial charge in [0.1, 0.15) is 5.76 Å². The van der Waals surface area contributed by atoms with Gasteiger partial charge in [0.15, 0.2) is 5.16 Å². The number of thioether (sulfide) groups is 1. The van der Waals surface area contributed by atoms with Gasteiger partial charge in [-0.1, -0.05) is 23.9 Å². The number of hydrogen-bond acceptors (Lipinski definition) is 5. The molecule has 1 aliphatic carbocycles. The van der Waals surface area contributed by atoms with Crippen LogP contribution < -0.4 is 10.9 Å². The van der Waals surface area contributed by atoms with Gasteiger partial charge in [-0.05, 0) is 37.1 Å². The predicted molar refractivity (Wildman–Crippen MR) is 95.7 cm³/mol. The molecule has 7 heteroatoms. The Morgan fingerprint density at radius 1 is 1.28 bits per heavy atom. The molecule has 0 saturated heterocycles. The van der Waals surface area contributed by atoms with E-state index in [0.29, 0.717) is 27.9 Å². The van der Waals surface area contributed by atoms with Crippen molar-refractivity contribution in [1.29, 1.82) is 0 Å². The lowest BCUT2D eigenvalue weighted by Crippen LogP contribution is -2.28. The van der Waals surface area contributed by atoms with Gasteiger partial charge in [-0.2, -0.15) is 0 Å². The van der Waals surface area contributed by atoms with Crippen molar-refractivity contribution in [2.24, 2.45) is 0 Å². The molecule has 1 N–H and O–H groups in total. The van der Waals surface area contributed by atoms with Gasteiger partial charge in [0, 0.05) is 6.04 Å². The predicted octanol–water partition coefficient (Wildman–Crippen LogP) is 2.41. The Bertz CT molecular complexity index is 961. The molecule has 1 amide bonds. The van der Waals surface area contributed by atoms with Crippen LogP contribution in [0.2, 0.25) is 0 Å². The van der Waals surface area contributed by atoms with E-state index in [1.807, 2.05) is 24.3 Å².